The molecule has 24 heavy (non-hydrogen) atoms. The van der Waals surface area contributed by atoms with E-state index in [2.05, 4.69) is 55.7 Å². The van der Waals surface area contributed by atoms with Gasteiger partial charge >= 0.3 is 0 Å². The monoisotopic (exact) mass is 396 g/mol. The summed E-state index contributed by atoms with van der Waals surface area (Å²) in [6, 6.07) is 22.6. The number of hydrogen-bond acceptors (Lipinski definition) is 4. The molecule has 0 atom stereocenters. The number of fused-ring (bicyclic) bond motifs is 1. The van der Waals surface area contributed by atoms with E-state index in [4.69, 9.17) is 0 Å². The predicted molar refractivity (Wildman–Crippen MR) is 100 cm³/mol. The lowest BCUT2D eigenvalue weighted by atomic mass is 10.1. The summed E-state index contributed by atoms with van der Waals surface area (Å²) in [7, 11) is 0. The zero-order valence-corrected chi connectivity index (χ0v) is 15.0. The third-order valence-electron chi connectivity index (χ3n) is 3.75. The molecule has 0 saturated heterocycles. The summed E-state index contributed by atoms with van der Waals surface area (Å²) < 4.78 is 2.91. The normalized spacial score (nSPS) is 11.0. The summed E-state index contributed by atoms with van der Waals surface area (Å²) in [5.41, 5.74) is 2.21. The summed E-state index contributed by atoms with van der Waals surface area (Å²) in [6.07, 6.45) is 0. The fraction of sp³-hybridized carbons (Fsp3) is 0.0556. The molecule has 0 unspecified atom stereocenters. The van der Waals surface area contributed by atoms with Crippen LogP contribution in [0.5, 0.6) is 0 Å². The van der Waals surface area contributed by atoms with Gasteiger partial charge in [0.05, 0.1) is 5.69 Å². The molecule has 0 aliphatic heterocycles. The van der Waals surface area contributed by atoms with Gasteiger partial charge < -0.3 is 0 Å². The molecule has 118 valence electrons. The molecule has 0 aliphatic carbocycles. The first-order chi connectivity index (χ1) is 11.8. The van der Waals surface area contributed by atoms with Crippen LogP contribution in [0.2, 0.25) is 0 Å². The number of aromatic nitrogens is 4. The van der Waals surface area contributed by atoms with Gasteiger partial charge in [-0.05, 0) is 33.5 Å². The van der Waals surface area contributed by atoms with Crippen LogP contribution < -0.4 is 0 Å². The second kappa shape index (κ2) is 6.75. The van der Waals surface area contributed by atoms with E-state index < -0.39 is 0 Å². The number of thioether (sulfide) groups is 1. The summed E-state index contributed by atoms with van der Waals surface area (Å²) in [4.78, 5) is 0. The van der Waals surface area contributed by atoms with E-state index in [0.717, 1.165) is 26.5 Å². The zero-order chi connectivity index (χ0) is 16.4. The van der Waals surface area contributed by atoms with Crippen LogP contribution in [0.3, 0.4) is 0 Å². The second-order valence-corrected chi connectivity index (χ2v) is 7.05. The smallest absolute Gasteiger partial charge is 0.187 e. The Kier molecular flexibility index (Phi) is 4.32. The summed E-state index contributed by atoms with van der Waals surface area (Å²) >= 11 is 5.21. The first kappa shape index (κ1) is 15.4. The minimum atomic E-state index is 0.780. The van der Waals surface area contributed by atoms with E-state index in [9.17, 15) is 0 Å². The molecule has 0 amide bonds. The quantitative estimate of drug-likeness (QED) is 0.461. The van der Waals surface area contributed by atoms with E-state index >= 15 is 0 Å². The van der Waals surface area contributed by atoms with E-state index in [-0.39, 0.29) is 0 Å². The third kappa shape index (κ3) is 2.95. The highest BCUT2D eigenvalue weighted by atomic mass is 79.9. The van der Waals surface area contributed by atoms with Crippen LogP contribution in [0.1, 0.15) is 5.56 Å². The van der Waals surface area contributed by atoms with Gasteiger partial charge in [-0.1, -0.05) is 82.3 Å². The van der Waals surface area contributed by atoms with Crippen LogP contribution >= 0.6 is 27.7 Å². The number of hydrogen-bond donors (Lipinski definition) is 0. The molecule has 0 aliphatic rings. The maximum Gasteiger partial charge on any atom is 0.214 e. The average molecular weight is 397 g/mol. The highest BCUT2D eigenvalue weighted by molar-refractivity contribution is 9.10. The first-order valence-corrected chi connectivity index (χ1v) is 9.23. The number of nitrogens with zero attached hydrogens (tertiary/aromatic N) is 4. The van der Waals surface area contributed by atoms with Crippen molar-refractivity contribution in [3.63, 3.8) is 0 Å². The lowest BCUT2D eigenvalue weighted by Gasteiger charge is -2.08. The molecule has 0 N–H and O–H groups in total. The molecule has 4 aromatic rings. The molecule has 0 radical (unpaired) electrons. The third-order valence-corrected chi connectivity index (χ3v) is 5.49. The molecular weight excluding hydrogens is 384 g/mol. The van der Waals surface area contributed by atoms with Gasteiger partial charge in [0, 0.05) is 15.6 Å². The molecule has 0 bridgehead atoms. The molecule has 1 heterocycles. The SMILES string of the molecule is Brc1ccccc1CSc1nnnn1-c1cccc2ccccc12. The van der Waals surface area contributed by atoms with E-state index in [1.54, 1.807) is 11.8 Å². The maximum absolute atomic E-state index is 4.19. The molecule has 4 nitrogen and oxygen atoms in total. The van der Waals surface area contributed by atoms with Crippen molar-refractivity contribution in [2.24, 2.45) is 0 Å². The van der Waals surface area contributed by atoms with Crippen LogP contribution in [0.25, 0.3) is 16.5 Å². The van der Waals surface area contributed by atoms with E-state index in [1.807, 2.05) is 47.1 Å². The molecule has 0 fully saturated rings. The summed E-state index contributed by atoms with van der Waals surface area (Å²) in [6.45, 7) is 0. The van der Waals surface area contributed by atoms with Gasteiger partial charge in [-0.15, -0.1) is 5.10 Å². The molecule has 0 saturated carbocycles. The highest BCUT2D eigenvalue weighted by Crippen LogP contribution is 2.28. The Labute approximate surface area is 152 Å². The topological polar surface area (TPSA) is 43.6 Å². The molecular formula is C18H13BrN4S. The van der Waals surface area contributed by atoms with Gasteiger partial charge in [-0.2, -0.15) is 4.68 Å². The van der Waals surface area contributed by atoms with Crippen LogP contribution in [-0.2, 0) is 5.75 Å². The van der Waals surface area contributed by atoms with Crippen LogP contribution in [0.15, 0.2) is 76.4 Å². The van der Waals surface area contributed by atoms with Gasteiger partial charge in [-0.3, -0.25) is 0 Å². The maximum atomic E-state index is 4.19. The lowest BCUT2D eigenvalue weighted by Crippen LogP contribution is -2.00. The lowest BCUT2D eigenvalue weighted by molar-refractivity contribution is 0.761. The number of halogens is 1. The first-order valence-electron chi connectivity index (χ1n) is 7.45. The van der Waals surface area contributed by atoms with Crippen molar-refractivity contribution in [3.05, 3.63) is 76.8 Å². The van der Waals surface area contributed by atoms with E-state index in [0.29, 0.717) is 0 Å². The van der Waals surface area contributed by atoms with Crippen LogP contribution in [0.4, 0.5) is 0 Å². The fourth-order valence-corrected chi connectivity index (χ4v) is 4.07. The van der Waals surface area contributed by atoms with Crippen LogP contribution in [0, 0.1) is 0 Å². The van der Waals surface area contributed by atoms with Crippen molar-refractivity contribution in [3.8, 4) is 5.69 Å². The van der Waals surface area contributed by atoms with Gasteiger partial charge in [0.2, 0.25) is 5.16 Å². The molecule has 4 rings (SSSR count). The fourth-order valence-electron chi connectivity index (χ4n) is 2.57. The molecule has 0 spiro atoms. The number of tetrazole rings is 1. The van der Waals surface area contributed by atoms with Gasteiger partial charge in [0.25, 0.3) is 0 Å². The Hall–Kier alpha value is -2.18. The van der Waals surface area contributed by atoms with Crippen molar-refractivity contribution in [2.45, 2.75) is 10.9 Å². The molecule has 1 aromatic heterocycles. The minimum absolute atomic E-state index is 0.780. The second-order valence-electron chi connectivity index (χ2n) is 5.25. The van der Waals surface area contributed by atoms with Crippen LogP contribution in [-0.4, -0.2) is 20.2 Å². The molecule has 3 aromatic carbocycles. The zero-order valence-electron chi connectivity index (χ0n) is 12.6. The van der Waals surface area contributed by atoms with Crippen molar-refractivity contribution >= 4 is 38.5 Å². The van der Waals surface area contributed by atoms with Crippen molar-refractivity contribution < 1.29 is 0 Å². The predicted octanol–water partition coefficient (Wildman–Crippen LogP) is 4.87. The molecule has 6 heteroatoms. The van der Waals surface area contributed by atoms with Gasteiger partial charge in [0.1, 0.15) is 0 Å². The van der Waals surface area contributed by atoms with E-state index in [1.165, 1.54) is 10.9 Å². The van der Waals surface area contributed by atoms with Gasteiger partial charge in [0.15, 0.2) is 0 Å². The summed E-state index contributed by atoms with van der Waals surface area (Å²) in [5.74, 6) is 0.798. The summed E-state index contributed by atoms with van der Waals surface area (Å²) in [5, 5.41) is 15.3. The van der Waals surface area contributed by atoms with Crippen molar-refractivity contribution in [1.29, 1.82) is 0 Å². The Balaban J connectivity index is 1.69. The Bertz CT molecular complexity index is 994. The van der Waals surface area contributed by atoms with Crippen molar-refractivity contribution in [2.75, 3.05) is 0 Å². The standard InChI is InChI=1S/C18H13BrN4S/c19-16-10-4-2-7-14(16)12-24-18-20-21-22-23(18)17-11-5-8-13-6-1-3-9-15(13)17/h1-11H,12H2. The largest absolute Gasteiger partial charge is 0.214 e. The Morgan fingerprint density at radius 3 is 2.62 bits per heavy atom. The van der Waals surface area contributed by atoms with Gasteiger partial charge in [-0.25, -0.2) is 0 Å². The average Bonchev–Trinajstić information content (AvgIpc) is 3.09. The number of benzene rings is 3. The highest BCUT2D eigenvalue weighted by Gasteiger charge is 2.12. The number of rotatable bonds is 4. The Morgan fingerprint density at radius 2 is 1.71 bits per heavy atom. The Morgan fingerprint density at radius 1 is 0.917 bits per heavy atom. The minimum Gasteiger partial charge on any atom is -0.187 e. The van der Waals surface area contributed by atoms with Crippen molar-refractivity contribution in [1.82, 2.24) is 20.2 Å².